The number of carbonyl (C=O) groups excluding carboxylic acids is 1. The largest absolute Gasteiger partial charge is 0.480 e. The molecule has 1 aliphatic rings. The van der Waals surface area contributed by atoms with Crippen LogP contribution in [0.5, 0.6) is 0 Å². The second-order valence-electron chi connectivity index (χ2n) is 9.54. The summed E-state index contributed by atoms with van der Waals surface area (Å²) in [4.78, 5) is 24.9. The first-order valence-corrected chi connectivity index (χ1v) is 15.8. The standard InChI is InChI=1S/C28H38NO3PS/c1-20-9-7-8-12-23(20)25-17-22(19-33(2)18-21-10-5-4-6-11-21)13-14-24(25)27(30)29-26(28(31)32)15-16-34-3/h7-9,12-14,17,21,26H,4-6,10-11,15-16,18-19H2,1-3H3,(H,29,30)(H,31,32). The molecule has 4 nitrogen and oxygen atoms in total. The van der Waals surface area contributed by atoms with Gasteiger partial charge in [-0.1, -0.05) is 62.4 Å². The van der Waals surface area contributed by atoms with Gasteiger partial charge in [-0.25, -0.2) is 4.79 Å². The van der Waals surface area contributed by atoms with Crippen LogP contribution in [0.1, 0.15) is 60.0 Å². The second kappa shape index (κ2) is 13.3. The van der Waals surface area contributed by atoms with E-state index in [0.717, 1.165) is 28.8 Å². The summed E-state index contributed by atoms with van der Waals surface area (Å²) < 4.78 is 0. The molecule has 6 heteroatoms. The molecular formula is C28H38NO3PS. The lowest BCUT2D eigenvalue weighted by atomic mass is 9.91. The number of aliphatic carboxylic acids is 1. The van der Waals surface area contributed by atoms with Crippen molar-refractivity contribution in [2.24, 2.45) is 5.92 Å². The molecule has 0 aliphatic heterocycles. The van der Waals surface area contributed by atoms with Gasteiger partial charge in [0.15, 0.2) is 0 Å². The van der Waals surface area contributed by atoms with E-state index in [1.807, 2.05) is 30.5 Å². The number of hydrogen-bond donors (Lipinski definition) is 2. The highest BCUT2D eigenvalue weighted by Gasteiger charge is 2.23. The van der Waals surface area contributed by atoms with Crippen molar-refractivity contribution < 1.29 is 14.7 Å². The van der Waals surface area contributed by atoms with Crippen LogP contribution >= 0.6 is 19.7 Å². The average Bonchev–Trinajstić information content (AvgIpc) is 2.82. The molecule has 0 bridgehead atoms. The highest BCUT2D eigenvalue weighted by atomic mass is 32.2. The molecule has 0 saturated heterocycles. The van der Waals surface area contributed by atoms with E-state index < -0.39 is 12.0 Å². The highest BCUT2D eigenvalue weighted by molar-refractivity contribution is 7.98. The molecule has 1 saturated carbocycles. The van der Waals surface area contributed by atoms with Crippen molar-refractivity contribution in [2.75, 3.05) is 24.8 Å². The molecule has 2 atom stereocenters. The molecule has 0 heterocycles. The summed E-state index contributed by atoms with van der Waals surface area (Å²) in [7, 11) is -0.104. The SMILES string of the molecule is CSCCC(NC(=O)c1ccc(CP(C)CC2CCCCC2)cc1-c1ccccc1C)C(=O)O. The Kier molecular flexibility index (Phi) is 10.5. The fourth-order valence-corrected chi connectivity index (χ4v) is 7.57. The van der Waals surface area contributed by atoms with Crippen LogP contribution in [0.2, 0.25) is 0 Å². The third kappa shape index (κ3) is 7.58. The van der Waals surface area contributed by atoms with E-state index in [-0.39, 0.29) is 13.8 Å². The topological polar surface area (TPSA) is 66.4 Å². The van der Waals surface area contributed by atoms with E-state index >= 15 is 0 Å². The van der Waals surface area contributed by atoms with Crippen molar-refractivity contribution in [3.8, 4) is 11.1 Å². The van der Waals surface area contributed by atoms with E-state index in [9.17, 15) is 14.7 Å². The summed E-state index contributed by atoms with van der Waals surface area (Å²) in [6, 6.07) is 13.3. The van der Waals surface area contributed by atoms with Gasteiger partial charge in [0.05, 0.1) is 0 Å². The van der Waals surface area contributed by atoms with Gasteiger partial charge >= 0.3 is 5.97 Å². The number of amides is 1. The predicted molar refractivity (Wildman–Crippen MR) is 146 cm³/mol. The van der Waals surface area contributed by atoms with E-state index in [4.69, 9.17) is 0 Å². The Bertz CT molecular complexity index is 974. The number of thioether (sulfide) groups is 1. The fraction of sp³-hybridized carbons (Fsp3) is 0.500. The van der Waals surface area contributed by atoms with Crippen molar-refractivity contribution in [2.45, 2.75) is 57.7 Å². The number of rotatable bonds is 11. The Morgan fingerprint density at radius 2 is 1.85 bits per heavy atom. The maximum atomic E-state index is 13.2. The summed E-state index contributed by atoms with van der Waals surface area (Å²) in [5, 5.41) is 12.3. The average molecular weight is 500 g/mol. The molecule has 184 valence electrons. The van der Waals surface area contributed by atoms with Crippen LogP contribution < -0.4 is 5.32 Å². The molecule has 0 aromatic heterocycles. The number of carbonyl (C=O) groups is 2. The normalized spacial score (nSPS) is 16.1. The summed E-state index contributed by atoms with van der Waals surface area (Å²) >= 11 is 1.58. The first-order chi connectivity index (χ1) is 16.4. The maximum Gasteiger partial charge on any atom is 0.326 e. The summed E-state index contributed by atoms with van der Waals surface area (Å²) in [6.07, 6.45) is 11.6. The molecule has 2 aromatic carbocycles. The Labute approximate surface area is 210 Å². The lowest BCUT2D eigenvalue weighted by Gasteiger charge is -2.25. The molecule has 0 spiro atoms. The van der Waals surface area contributed by atoms with Gasteiger partial charge in [0.25, 0.3) is 5.91 Å². The minimum atomic E-state index is -0.990. The zero-order valence-corrected chi connectivity index (χ0v) is 22.4. The van der Waals surface area contributed by atoms with Crippen molar-refractivity contribution in [1.82, 2.24) is 5.32 Å². The van der Waals surface area contributed by atoms with E-state index in [1.165, 1.54) is 43.8 Å². The number of benzene rings is 2. The smallest absolute Gasteiger partial charge is 0.326 e. The molecule has 2 unspecified atom stereocenters. The summed E-state index contributed by atoms with van der Waals surface area (Å²) in [5.74, 6) is 0.247. The van der Waals surface area contributed by atoms with Crippen molar-refractivity contribution in [3.05, 3.63) is 59.2 Å². The number of nitrogens with one attached hydrogen (secondary N) is 1. The number of carboxylic acid groups (broad SMARTS) is 1. The Hall–Kier alpha value is -1.84. The highest BCUT2D eigenvalue weighted by Crippen LogP contribution is 2.42. The van der Waals surface area contributed by atoms with Crippen LogP contribution in [0.15, 0.2) is 42.5 Å². The van der Waals surface area contributed by atoms with Crippen LogP contribution in [0.3, 0.4) is 0 Å². The van der Waals surface area contributed by atoms with Gasteiger partial charge in [-0.15, -0.1) is 7.92 Å². The lowest BCUT2D eigenvalue weighted by molar-refractivity contribution is -0.139. The van der Waals surface area contributed by atoms with E-state index in [0.29, 0.717) is 17.7 Å². The van der Waals surface area contributed by atoms with Gasteiger partial charge in [0.2, 0.25) is 0 Å². The van der Waals surface area contributed by atoms with Crippen LogP contribution in [0, 0.1) is 12.8 Å². The first-order valence-electron chi connectivity index (χ1n) is 12.3. The van der Waals surface area contributed by atoms with Crippen LogP contribution in [0.25, 0.3) is 11.1 Å². The summed E-state index contributed by atoms with van der Waals surface area (Å²) in [5.41, 5.74) is 4.82. The van der Waals surface area contributed by atoms with Gasteiger partial charge < -0.3 is 10.4 Å². The molecule has 2 aromatic rings. The molecule has 0 radical (unpaired) electrons. The van der Waals surface area contributed by atoms with Crippen LogP contribution in [-0.4, -0.2) is 47.9 Å². The molecule has 1 amide bonds. The van der Waals surface area contributed by atoms with Crippen molar-refractivity contribution >= 4 is 31.6 Å². The molecule has 3 rings (SSSR count). The van der Waals surface area contributed by atoms with Gasteiger partial charge in [0.1, 0.15) is 6.04 Å². The Balaban J connectivity index is 1.85. The van der Waals surface area contributed by atoms with Gasteiger partial charge in [-0.3, -0.25) is 4.79 Å². The van der Waals surface area contributed by atoms with Crippen molar-refractivity contribution in [1.29, 1.82) is 0 Å². The minimum Gasteiger partial charge on any atom is -0.480 e. The molecule has 1 fully saturated rings. The van der Waals surface area contributed by atoms with E-state index in [2.05, 4.69) is 37.1 Å². The third-order valence-corrected chi connectivity index (χ3v) is 9.41. The lowest BCUT2D eigenvalue weighted by Crippen LogP contribution is -2.41. The first kappa shape index (κ1) is 26.8. The van der Waals surface area contributed by atoms with Gasteiger partial charge in [-0.05, 0) is 84.6 Å². The van der Waals surface area contributed by atoms with Crippen LogP contribution in [-0.2, 0) is 11.0 Å². The zero-order chi connectivity index (χ0) is 24.5. The monoisotopic (exact) mass is 499 g/mol. The van der Waals surface area contributed by atoms with Gasteiger partial charge in [0, 0.05) is 5.56 Å². The molecule has 1 aliphatic carbocycles. The quantitative estimate of drug-likeness (QED) is 0.334. The number of carboxylic acids is 1. The van der Waals surface area contributed by atoms with Gasteiger partial charge in [-0.2, -0.15) is 11.8 Å². The fourth-order valence-electron chi connectivity index (χ4n) is 4.90. The van der Waals surface area contributed by atoms with Crippen LogP contribution in [0.4, 0.5) is 0 Å². The van der Waals surface area contributed by atoms with E-state index in [1.54, 1.807) is 11.8 Å². The minimum absolute atomic E-state index is 0.104. The number of hydrogen-bond acceptors (Lipinski definition) is 3. The number of aryl methyl sites for hydroxylation is 1. The Morgan fingerprint density at radius 1 is 1.12 bits per heavy atom. The third-order valence-electron chi connectivity index (χ3n) is 6.73. The Morgan fingerprint density at radius 3 is 2.53 bits per heavy atom. The zero-order valence-electron chi connectivity index (χ0n) is 20.7. The molecule has 2 N–H and O–H groups in total. The second-order valence-corrected chi connectivity index (χ2v) is 12.9. The molecular weight excluding hydrogens is 461 g/mol. The molecule has 34 heavy (non-hydrogen) atoms. The van der Waals surface area contributed by atoms with Crippen molar-refractivity contribution in [3.63, 3.8) is 0 Å². The summed E-state index contributed by atoms with van der Waals surface area (Å²) in [6.45, 7) is 4.46. The predicted octanol–water partition coefficient (Wildman–Crippen LogP) is 6.79. The maximum absolute atomic E-state index is 13.2.